The number of para-hydroxylation sites is 1. The number of aromatic nitrogens is 1. The van der Waals surface area contributed by atoms with Crippen molar-refractivity contribution in [3.8, 4) is 0 Å². The van der Waals surface area contributed by atoms with Gasteiger partial charge < -0.3 is 10.6 Å². The Kier molecular flexibility index (Phi) is 6.87. The Morgan fingerprint density at radius 1 is 0.853 bits per heavy atom. The van der Waals surface area contributed by atoms with Crippen LogP contribution in [-0.2, 0) is 9.59 Å². The van der Waals surface area contributed by atoms with Gasteiger partial charge in [0.05, 0.1) is 21.2 Å². The highest BCUT2D eigenvalue weighted by Crippen LogP contribution is 2.27. The van der Waals surface area contributed by atoms with E-state index in [0.29, 0.717) is 21.6 Å². The van der Waals surface area contributed by atoms with Crippen LogP contribution in [0.5, 0.6) is 0 Å². The van der Waals surface area contributed by atoms with Crippen molar-refractivity contribution in [1.82, 2.24) is 4.68 Å². The summed E-state index contributed by atoms with van der Waals surface area (Å²) in [4.78, 5) is 38.0. The largest absolute Gasteiger partial charge is 0.328 e. The van der Waals surface area contributed by atoms with E-state index < -0.39 is 23.5 Å². The summed E-state index contributed by atoms with van der Waals surface area (Å²) in [5.41, 5.74) is 3.11. The molecule has 0 spiro atoms. The molecule has 0 unspecified atom stereocenters. The van der Waals surface area contributed by atoms with Crippen LogP contribution in [0.2, 0.25) is 10.0 Å². The van der Waals surface area contributed by atoms with Gasteiger partial charge in [0.1, 0.15) is 11.5 Å². The van der Waals surface area contributed by atoms with Gasteiger partial charge >= 0.3 is 11.8 Å². The first kappa shape index (κ1) is 23.7. The van der Waals surface area contributed by atoms with Gasteiger partial charge in [-0.1, -0.05) is 51.3 Å². The van der Waals surface area contributed by atoms with Gasteiger partial charge in [-0.2, -0.15) is 0 Å². The molecule has 3 aromatic carbocycles. The number of hydrogen-bond donors (Lipinski definition) is 3. The minimum absolute atomic E-state index is 0.0335. The number of carbonyl (C=O) groups is 3. The first-order chi connectivity index (χ1) is 16.2. The number of hydrogen-bond acceptors (Lipinski definition) is 3. The molecular formula is C23H14BrCl2FN4O3. The van der Waals surface area contributed by atoms with Crippen LogP contribution in [0.15, 0.2) is 71.2 Å². The highest BCUT2D eigenvalue weighted by Gasteiger charge is 2.22. The van der Waals surface area contributed by atoms with Crippen molar-refractivity contribution in [2.45, 2.75) is 0 Å². The van der Waals surface area contributed by atoms with Gasteiger partial charge in [0, 0.05) is 15.5 Å². The van der Waals surface area contributed by atoms with E-state index in [1.54, 1.807) is 30.3 Å². The van der Waals surface area contributed by atoms with Crippen LogP contribution in [0.25, 0.3) is 10.9 Å². The third-order valence-corrected chi connectivity index (χ3v) is 5.95. The predicted molar refractivity (Wildman–Crippen MR) is 133 cm³/mol. The number of nitrogens with zero attached hydrogens (tertiary/aromatic N) is 1. The van der Waals surface area contributed by atoms with Crippen molar-refractivity contribution < 1.29 is 18.8 Å². The monoisotopic (exact) mass is 562 g/mol. The lowest BCUT2D eigenvalue weighted by atomic mass is 10.2. The van der Waals surface area contributed by atoms with Crippen LogP contribution in [-0.4, -0.2) is 22.4 Å². The van der Waals surface area contributed by atoms with Gasteiger partial charge in [-0.15, -0.1) is 0 Å². The van der Waals surface area contributed by atoms with Crippen molar-refractivity contribution in [2.75, 3.05) is 16.1 Å². The molecule has 0 aliphatic rings. The van der Waals surface area contributed by atoms with E-state index in [2.05, 4.69) is 32.0 Å². The van der Waals surface area contributed by atoms with Crippen LogP contribution in [0.3, 0.4) is 0 Å². The lowest BCUT2D eigenvalue weighted by Gasteiger charge is -2.13. The number of nitrogens with one attached hydrogen (secondary N) is 3. The topological polar surface area (TPSA) is 92.2 Å². The molecule has 0 atom stereocenters. The first-order valence-electron chi connectivity index (χ1n) is 9.67. The van der Waals surface area contributed by atoms with E-state index in [9.17, 15) is 18.8 Å². The molecule has 4 rings (SSSR count). The van der Waals surface area contributed by atoms with E-state index >= 15 is 0 Å². The maximum absolute atomic E-state index is 13.8. The van der Waals surface area contributed by atoms with E-state index in [1.165, 1.54) is 35.0 Å². The Balaban J connectivity index is 1.64. The second kappa shape index (κ2) is 9.84. The maximum atomic E-state index is 13.8. The van der Waals surface area contributed by atoms with Crippen LogP contribution in [0.1, 0.15) is 10.5 Å². The van der Waals surface area contributed by atoms with Crippen molar-refractivity contribution in [3.63, 3.8) is 0 Å². The van der Waals surface area contributed by atoms with Gasteiger partial charge in [0.25, 0.3) is 5.91 Å². The second-order valence-electron chi connectivity index (χ2n) is 7.03. The van der Waals surface area contributed by atoms with Crippen LogP contribution in [0, 0.1) is 5.82 Å². The molecule has 0 aliphatic heterocycles. The molecule has 1 aromatic heterocycles. The minimum Gasteiger partial charge on any atom is -0.321 e. The third-order valence-electron chi connectivity index (χ3n) is 4.72. The molecule has 0 radical (unpaired) electrons. The van der Waals surface area contributed by atoms with E-state index in [1.807, 2.05) is 0 Å². The molecule has 34 heavy (non-hydrogen) atoms. The van der Waals surface area contributed by atoms with Crippen molar-refractivity contribution >= 4 is 79.1 Å². The fourth-order valence-electron chi connectivity index (χ4n) is 3.14. The molecule has 0 aliphatic carbocycles. The zero-order valence-corrected chi connectivity index (χ0v) is 20.1. The molecule has 4 aromatic rings. The molecular weight excluding hydrogens is 550 g/mol. The summed E-state index contributed by atoms with van der Waals surface area (Å²) in [5.74, 6) is -3.49. The first-order valence-corrected chi connectivity index (χ1v) is 11.2. The van der Waals surface area contributed by atoms with Crippen molar-refractivity contribution in [1.29, 1.82) is 0 Å². The fraction of sp³-hybridized carbons (Fsp3) is 0. The van der Waals surface area contributed by atoms with E-state index in [-0.39, 0.29) is 16.4 Å². The Morgan fingerprint density at radius 3 is 2.35 bits per heavy atom. The van der Waals surface area contributed by atoms with Gasteiger partial charge in [0.2, 0.25) is 0 Å². The summed E-state index contributed by atoms with van der Waals surface area (Å²) in [6.45, 7) is 0. The van der Waals surface area contributed by atoms with Gasteiger partial charge in [-0.3, -0.25) is 19.8 Å². The molecule has 1 heterocycles. The molecule has 172 valence electrons. The van der Waals surface area contributed by atoms with Crippen LogP contribution < -0.4 is 16.1 Å². The Bertz CT molecular complexity index is 1460. The van der Waals surface area contributed by atoms with Crippen LogP contribution in [0.4, 0.5) is 15.8 Å². The number of rotatable bonds is 4. The number of anilines is 2. The zero-order valence-electron chi connectivity index (χ0n) is 17.0. The lowest BCUT2D eigenvalue weighted by molar-refractivity contribution is -0.133. The van der Waals surface area contributed by atoms with Crippen molar-refractivity contribution in [2.24, 2.45) is 0 Å². The van der Waals surface area contributed by atoms with Gasteiger partial charge in [0.15, 0.2) is 0 Å². The van der Waals surface area contributed by atoms with Crippen LogP contribution >= 0.6 is 39.1 Å². The molecule has 3 amide bonds. The zero-order chi connectivity index (χ0) is 24.4. The summed E-state index contributed by atoms with van der Waals surface area (Å²) in [6, 6.07) is 16.7. The molecule has 0 saturated carbocycles. The molecule has 0 saturated heterocycles. The second-order valence-corrected chi connectivity index (χ2v) is 8.76. The lowest BCUT2D eigenvalue weighted by Crippen LogP contribution is -2.36. The highest BCUT2D eigenvalue weighted by atomic mass is 79.9. The highest BCUT2D eigenvalue weighted by molar-refractivity contribution is 9.10. The normalized spacial score (nSPS) is 10.7. The van der Waals surface area contributed by atoms with E-state index in [4.69, 9.17) is 23.2 Å². The summed E-state index contributed by atoms with van der Waals surface area (Å²) < 4.78 is 15.8. The summed E-state index contributed by atoms with van der Waals surface area (Å²) in [7, 11) is 0. The summed E-state index contributed by atoms with van der Waals surface area (Å²) in [5, 5.41) is 6.07. The number of halogens is 4. The quantitative estimate of drug-likeness (QED) is 0.274. The smallest absolute Gasteiger partial charge is 0.321 e. The minimum atomic E-state index is -1.11. The van der Waals surface area contributed by atoms with Crippen molar-refractivity contribution in [3.05, 3.63) is 92.8 Å². The molecule has 11 heteroatoms. The summed E-state index contributed by atoms with van der Waals surface area (Å²) >= 11 is 15.3. The molecule has 0 fully saturated rings. The standard InChI is InChI=1S/C23H14BrCl2FN4O3/c24-13-5-8-19-12(9-13)10-20(21(32)28-14-6-7-15(25)16(26)11-14)31(19)30-23(34)22(33)29-18-4-2-1-3-17(18)27/h1-11H,(H,28,32)(H,29,33)(H,30,34). The summed E-state index contributed by atoms with van der Waals surface area (Å²) in [6.07, 6.45) is 0. The number of amides is 3. The average molecular weight is 564 g/mol. The number of fused-ring (bicyclic) bond motifs is 1. The van der Waals surface area contributed by atoms with Gasteiger partial charge in [-0.25, -0.2) is 9.07 Å². The Morgan fingerprint density at radius 2 is 1.62 bits per heavy atom. The Labute approximate surface area is 210 Å². The fourth-order valence-corrected chi connectivity index (χ4v) is 3.81. The molecule has 3 N–H and O–H groups in total. The Hall–Kier alpha value is -3.40. The number of carbonyl (C=O) groups excluding carboxylic acids is 3. The molecule has 0 bridgehead atoms. The maximum Gasteiger partial charge on any atom is 0.328 e. The van der Waals surface area contributed by atoms with Gasteiger partial charge in [-0.05, 0) is 54.6 Å². The van der Waals surface area contributed by atoms with E-state index in [0.717, 1.165) is 10.5 Å². The average Bonchev–Trinajstić information content (AvgIpc) is 3.15. The third kappa shape index (κ3) is 5.06. The molecule has 7 nitrogen and oxygen atoms in total. The number of benzene rings is 3. The predicted octanol–water partition coefficient (Wildman–Crippen LogP) is 5.81. The SMILES string of the molecule is O=C(Nc1ccccc1F)C(=O)Nn1c(C(=O)Nc2ccc(Cl)c(Cl)c2)cc2cc(Br)ccc21.